The van der Waals surface area contributed by atoms with E-state index in [2.05, 4.69) is 4.74 Å². The van der Waals surface area contributed by atoms with Gasteiger partial charge in [-0.2, -0.15) is 0 Å². The van der Waals surface area contributed by atoms with Gasteiger partial charge in [0, 0.05) is 24.7 Å². The summed E-state index contributed by atoms with van der Waals surface area (Å²) in [6, 6.07) is 0. The van der Waals surface area contributed by atoms with Gasteiger partial charge in [-0.1, -0.05) is 80.7 Å². The lowest BCUT2D eigenvalue weighted by atomic mass is 9.81. The van der Waals surface area contributed by atoms with Crippen molar-refractivity contribution in [3.63, 3.8) is 0 Å². The molecule has 33 heteroatoms. The molecule has 14 fully saturated rings. The zero-order valence-electron chi connectivity index (χ0n) is 75.1. The zero-order valence-corrected chi connectivity index (χ0v) is 75.1. The largest absolute Gasteiger partial charge is 0.469 e. The second-order valence-electron chi connectivity index (χ2n) is 37.5. The van der Waals surface area contributed by atoms with Gasteiger partial charge in [-0.3, -0.25) is 33.6 Å². The van der Waals surface area contributed by atoms with Gasteiger partial charge in [-0.05, 0) is 193 Å². The van der Waals surface area contributed by atoms with Gasteiger partial charge in [0.15, 0.2) is 61.0 Å². The summed E-state index contributed by atoms with van der Waals surface area (Å²) >= 11 is 0. The van der Waals surface area contributed by atoms with Crippen LogP contribution in [0.1, 0.15) is 274 Å². The Labute approximate surface area is 710 Å². The van der Waals surface area contributed by atoms with Gasteiger partial charge in [0.25, 0.3) is 0 Å². The van der Waals surface area contributed by atoms with Gasteiger partial charge in [0.1, 0.15) is 36.6 Å². The molecule has 0 aromatic carbocycles. The number of cyclic esters (lactones) is 1. The molecule has 0 aromatic heterocycles. The van der Waals surface area contributed by atoms with Crippen LogP contribution >= 0.6 is 0 Å². The lowest BCUT2D eigenvalue weighted by Crippen LogP contribution is -2.41. The first-order valence-electron chi connectivity index (χ1n) is 43.6. The number of esters is 12. The van der Waals surface area contributed by atoms with E-state index in [1.165, 1.54) is 32.8 Å². The molecule has 11 saturated heterocycles. The minimum Gasteiger partial charge on any atom is -0.469 e. The predicted octanol–water partition coefficient (Wildman–Crippen LogP) is 10.4. The Hall–Kier alpha value is -6.98. The number of hydrogen-bond donors (Lipinski definition) is 2. The highest BCUT2D eigenvalue weighted by molar-refractivity contribution is 5.87. The van der Waals surface area contributed by atoms with E-state index in [9.17, 15) is 67.7 Å². The number of hydrogen-bond acceptors (Lipinski definition) is 33. The first-order valence-corrected chi connectivity index (χ1v) is 43.6. The minimum atomic E-state index is -1.44. The summed E-state index contributed by atoms with van der Waals surface area (Å²) in [6.45, 7) is 41.3. The fourth-order valence-corrected chi connectivity index (χ4v) is 15.4. The molecule has 121 heavy (non-hydrogen) atoms. The molecule has 15 aliphatic rings. The van der Waals surface area contributed by atoms with Crippen molar-refractivity contribution in [2.45, 2.75) is 402 Å². The Balaban J connectivity index is 0.000000179. The molecule has 4 aliphatic carbocycles. The van der Waals surface area contributed by atoms with E-state index in [1.807, 2.05) is 109 Å². The summed E-state index contributed by atoms with van der Waals surface area (Å²) in [5, 5.41) is 18.9. The fourth-order valence-electron chi connectivity index (χ4n) is 15.4. The van der Waals surface area contributed by atoms with Crippen LogP contribution in [0.2, 0.25) is 0 Å². The molecule has 686 valence electrons. The van der Waals surface area contributed by atoms with Crippen molar-refractivity contribution in [1.29, 1.82) is 0 Å². The molecule has 2 N–H and O–H groups in total. The molecular weight excluding hydrogens is 1580 g/mol. The third-order valence-electron chi connectivity index (χ3n) is 26.2. The average Bonchev–Trinajstić information content (AvgIpc) is 1.58. The number of aliphatic hydroxyl groups is 2. The molecular formula is C88H136O33. The number of ether oxygens (including phenoxy) is 19. The van der Waals surface area contributed by atoms with E-state index in [0.29, 0.717) is 44.6 Å². The summed E-state index contributed by atoms with van der Waals surface area (Å²) in [7, 11) is 1.42. The monoisotopic (exact) mass is 1720 g/mol. The normalized spacial score (nSPS) is 34.2. The van der Waals surface area contributed by atoms with Crippen LogP contribution in [-0.2, 0) is 148 Å². The first-order chi connectivity index (χ1) is 56.6. The molecule has 3 saturated carbocycles. The Kier molecular flexibility index (Phi) is 33.3. The van der Waals surface area contributed by atoms with Crippen LogP contribution < -0.4 is 0 Å². The molecule has 23 unspecified atom stereocenters. The van der Waals surface area contributed by atoms with Crippen molar-refractivity contribution in [2.75, 3.05) is 13.7 Å². The van der Waals surface area contributed by atoms with Gasteiger partial charge in [0.05, 0.1) is 58.0 Å². The first kappa shape index (κ1) is 99.4. The fraction of sp³-hybridized carbons (Fsp3) is 0.841. The quantitative estimate of drug-likeness (QED) is 0.0776. The van der Waals surface area contributed by atoms with Crippen LogP contribution in [0.15, 0.2) is 12.2 Å². The molecule has 0 bridgehead atoms. The van der Waals surface area contributed by atoms with Crippen molar-refractivity contribution in [1.82, 2.24) is 0 Å². The van der Waals surface area contributed by atoms with Gasteiger partial charge in [-0.15, -0.1) is 0 Å². The van der Waals surface area contributed by atoms with Crippen molar-refractivity contribution in [2.24, 2.45) is 56.2 Å². The van der Waals surface area contributed by atoms with Crippen LogP contribution in [0, 0.1) is 56.2 Å². The van der Waals surface area contributed by atoms with Crippen molar-refractivity contribution in [3.05, 3.63) is 12.2 Å². The molecule has 0 aromatic rings. The Morgan fingerprint density at radius 2 is 0.810 bits per heavy atom. The highest BCUT2D eigenvalue weighted by Gasteiger charge is 2.68. The third-order valence-corrected chi connectivity index (χ3v) is 26.2. The summed E-state index contributed by atoms with van der Waals surface area (Å²) in [6.07, 6.45) is 6.77. The van der Waals surface area contributed by atoms with E-state index < -0.39 is 185 Å². The molecule has 33 nitrogen and oxygen atoms in total. The summed E-state index contributed by atoms with van der Waals surface area (Å²) in [5.74, 6) is -5.31. The number of allylic oxidation sites excluding steroid dienone is 1. The second kappa shape index (κ2) is 40.5. The topological polar surface area (TPSA) is 421 Å². The Morgan fingerprint density at radius 3 is 1.26 bits per heavy atom. The molecule has 1 spiro atoms. The average molecular weight is 1720 g/mol. The van der Waals surface area contributed by atoms with Crippen molar-refractivity contribution in [3.8, 4) is 0 Å². The van der Waals surface area contributed by atoms with Gasteiger partial charge in [-0.25, -0.2) is 24.0 Å². The van der Waals surface area contributed by atoms with Gasteiger partial charge < -0.3 is 100 Å². The summed E-state index contributed by atoms with van der Waals surface area (Å²) in [5.41, 5.74) is -3.45. The Morgan fingerprint density at radius 1 is 0.413 bits per heavy atom. The Bertz CT molecular complexity index is 3650. The highest BCUT2D eigenvalue weighted by Crippen LogP contribution is 2.50. The van der Waals surface area contributed by atoms with Crippen molar-refractivity contribution < 1.29 is 158 Å². The maximum Gasteiger partial charge on any atom is 0.350 e. The maximum absolute atomic E-state index is 12.3. The number of methoxy groups -OCH3 is 1. The van der Waals surface area contributed by atoms with Gasteiger partial charge >= 0.3 is 71.6 Å². The smallest absolute Gasteiger partial charge is 0.350 e. The molecule has 0 radical (unpaired) electrons. The van der Waals surface area contributed by atoms with Crippen LogP contribution in [0.5, 0.6) is 0 Å². The van der Waals surface area contributed by atoms with Crippen LogP contribution in [0.3, 0.4) is 0 Å². The zero-order chi connectivity index (χ0) is 90.2. The van der Waals surface area contributed by atoms with E-state index in [1.54, 1.807) is 55.4 Å². The number of carbonyl (C=O) groups excluding carboxylic acids is 12. The second-order valence-corrected chi connectivity index (χ2v) is 37.5. The van der Waals surface area contributed by atoms with Crippen LogP contribution in [0.25, 0.3) is 0 Å². The van der Waals surface area contributed by atoms with Crippen LogP contribution in [0.4, 0.5) is 0 Å². The molecule has 23 atom stereocenters. The number of aliphatic hydroxyl groups excluding tert-OH is 2. The number of carbonyl (C=O) groups is 12. The van der Waals surface area contributed by atoms with E-state index in [-0.39, 0.29) is 65.2 Å². The molecule has 11 aliphatic heterocycles. The third kappa shape index (κ3) is 22.8. The number of fused-ring (bicyclic) bond motifs is 10. The lowest BCUT2D eigenvalue weighted by molar-refractivity contribution is -0.246. The van der Waals surface area contributed by atoms with E-state index >= 15 is 0 Å². The molecule has 0 amide bonds. The number of rotatable bonds is 17. The van der Waals surface area contributed by atoms with E-state index in [4.69, 9.17) is 85.3 Å². The predicted molar refractivity (Wildman–Crippen MR) is 424 cm³/mol. The SMILES string of the molecule is CC.CCC(C)(C)C(=O)OC.CCC(C)(C)C(=O)OC1C(=O)OC2C(O)C(O)OC12.CCC(C)(C)C(=O)OC1C(=O)OC2C3OC(C)(C)OC3OC12.CCC(C)(C)C(=O)OC1C(=O)OC2C3OC4(CCCCC4)OC3OC12.CCC(C)(C)C(=O)OC1C(=O)OC2C=CCC21.CCC(C)(C)C(=O)OC1C(=O)OC2CCCC21.O=C1OCC2CCCCC12. The highest BCUT2D eigenvalue weighted by atomic mass is 16.9. The van der Waals surface area contributed by atoms with E-state index in [0.717, 1.165) is 64.2 Å². The van der Waals surface area contributed by atoms with Crippen molar-refractivity contribution >= 4 is 71.6 Å². The minimum absolute atomic E-state index is 0.0231. The molecule has 11 heterocycles. The molecule has 15 rings (SSSR count). The summed E-state index contributed by atoms with van der Waals surface area (Å²) < 4.78 is 102. The maximum atomic E-state index is 12.3. The van der Waals surface area contributed by atoms with Gasteiger partial charge in [0.2, 0.25) is 30.5 Å². The summed E-state index contributed by atoms with van der Waals surface area (Å²) in [4.78, 5) is 141. The lowest BCUT2D eigenvalue weighted by Gasteiger charge is -2.33. The van der Waals surface area contributed by atoms with Crippen LogP contribution in [-0.4, -0.2) is 224 Å². The standard InChI is InChI=1S/C18H26O7.C15H22O7.C13H20O4.C13H18O4.C12H18O7.C8H12O2.C7H14O2.C2H6/c1-4-17(2,3)16(20)23-12-10-11(21-14(12)19)13-15(22-10)25-18(24-13)8-6-5-7-9-18;1-6-14(2,3)13(17)20-9-7-8(18-11(9)16)10-12(19-7)22-15(4,5)21-10;2*1-4-13(2,3)12(15)17-10-8-6-5-7-9(8)16-11(10)14;1-4-12(2,3)11(16)19-8-7-6(17-10(8)15)5(13)9(14)18-7;9-8-7-4-2-1-3-6(7)5-10-8;1-5-7(2,3)6(8)9-4;1-2/h10-13,15H,4-9H2,1-3H3;7-10,12H,6H2,1-5H3;8-10H,4-7H2,1-3H3;5,7-10H,4,6H2,1-3H3;5-9,13-14H,4H2,1-3H3;6-7H,1-5H2;5H2,1-4H3;1-2H3.